The van der Waals surface area contributed by atoms with Gasteiger partial charge in [0.25, 0.3) is 5.91 Å². The van der Waals surface area contributed by atoms with Crippen molar-refractivity contribution in [3.8, 4) is 11.5 Å². The number of imidazole rings is 1. The molecule has 3 aliphatic carbocycles. The number of carbonyl (C=O) groups excluding carboxylic acids is 1. The lowest BCUT2D eigenvalue weighted by molar-refractivity contribution is -0.0937. The lowest BCUT2D eigenvalue weighted by Gasteiger charge is -2.44. The number of amides is 1. The van der Waals surface area contributed by atoms with E-state index in [1.807, 2.05) is 23.2 Å². The molecule has 0 spiro atoms. The first-order valence-corrected chi connectivity index (χ1v) is 14.8. The van der Waals surface area contributed by atoms with Crippen LogP contribution in [0.2, 0.25) is 0 Å². The highest BCUT2D eigenvalue weighted by Gasteiger charge is 2.47. The molecular formula is C31H37N7O2. The van der Waals surface area contributed by atoms with Gasteiger partial charge in [0.15, 0.2) is 11.5 Å². The summed E-state index contributed by atoms with van der Waals surface area (Å²) < 4.78 is 10.4. The Bertz CT molecular complexity index is 1630. The normalized spacial score (nSPS) is 29.5. The first-order chi connectivity index (χ1) is 19.4. The maximum absolute atomic E-state index is 13.6. The second kappa shape index (κ2) is 8.85. The molecule has 3 atom stereocenters. The Kier molecular flexibility index (Phi) is 5.42. The molecule has 2 N–H and O–H groups in total. The molecule has 4 aromatic heterocycles. The van der Waals surface area contributed by atoms with Gasteiger partial charge in [-0.3, -0.25) is 4.79 Å². The summed E-state index contributed by atoms with van der Waals surface area (Å²) in [6.45, 7) is 4.69. The van der Waals surface area contributed by atoms with Crippen LogP contribution in [0, 0.1) is 17.8 Å². The molecule has 4 aromatic rings. The highest BCUT2D eigenvalue weighted by molar-refractivity contribution is 5.97. The van der Waals surface area contributed by atoms with Gasteiger partial charge in [0.1, 0.15) is 11.2 Å². The number of piperidine rings is 1. The quantitative estimate of drug-likeness (QED) is 0.377. The number of methoxy groups -OCH3 is 1. The number of pyridine rings is 2. The fourth-order valence-electron chi connectivity index (χ4n) is 7.68. The van der Waals surface area contributed by atoms with Crippen LogP contribution in [0.1, 0.15) is 55.8 Å². The molecule has 4 aliphatic rings. The van der Waals surface area contributed by atoms with Gasteiger partial charge in [-0.15, -0.1) is 0 Å². The Morgan fingerprint density at radius 3 is 2.62 bits per heavy atom. The monoisotopic (exact) mass is 539 g/mol. The summed E-state index contributed by atoms with van der Waals surface area (Å²) in [4.78, 5) is 30.4. The largest absolute Gasteiger partial charge is 0.379 e. The van der Waals surface area contributed by atoms with E-state index in [2.05, 4.69) is 28.2 Å². The van der Waals surface area contributed by atoms with E-state index in [4.69, 9.17) is 25.4 Å². The van der Waals surface area contributed by atoms with E-state index in [9.17, 15) is 4.79 Å². The van der Waals surface area contributed by atoms with Crippen molar-refractivity contribution in [2.45, 2.75) is 76.2 Å². The first-order valence-electron chi connectivity index (χ1n) is 14.8. The number of nitrogens with zero attached hydrogens (tertiary/aromatic N) is 6. The number of carbonyl (C=O) groups is 1. The third-order valence-electron chi connectivity index (χ3n) is 10.1. The first kappa shape index (κ1) is 24.5. The van der Waals surface area contributed by atoms with Crippen LogP contribution in [0.4, 0.5) is 0 Å². The Morgan fingerprint density at radius 1 is 1.07 bits per heavy atom. The minimum absolute atomic E-state index is 0.0232. The maximum Gasteiger partial charge on any atom is 0.255 e. The fraction of sp³-hybridized carbons (Fsp3) is 0.548. The molecule has 0 unspecified atom stereocenters. The summed E-state index contributed by atoms with van der Waals surface area (Å²) in [6.07, 6.45) is 10.2. The van der Waals surface area contributed by atoms with Gasteiger partial charge >= 0.3 is 0 Å². The van der Waals surface area contributed by atoms with Gasteiger partial charge in [0.2, 0.25) is 0 Å². The summed E-state index contributed by atoms with van der Waals surface area (Å²) in [5, 5.41) is 1.12. The Hall–Kier alpha value is -3.30. The number of rotatable bonds is 7. The van der Waals surface area contributed by atoms with Gasteiger partial charge in [0.05, 0.1) is 16.9 Å². The van der Waals surface area contributed by atoms with Crippen molar-refractivity contribution in [1.29, 1.82) is 0 Å². The zero-order valence-electron chi connectivity index (χ0n) is 23.3. The van der Waals surface area contributed by atoms with Crippen molar-refractivity contribution in [2.24, 2.45) is 23.5 Å². The highest BCUT2D eigenvalue weighted by Crippen LogP contribution is 2.43. The third kappa shape index (κ3) is 3.81. The Balaban J connectivity index is 1.22. The van der Waals surface area contributed by atoms with E-state index in [-0.39, 0.29) is 23.6 Å². The van der Waals surface area contributed by atoms with Gasteiger partial charge < -0.3 is 24.5 Å². The zero-order chi connectivity index (χ0) is 27.2. The molecule has 4 fully saturated rings. The second-order valence-corrected chi connectivity index (χ2v) is 13.0. The SMILES string of the molecule is CO[C@]1(C)C[C@H](Cn2c(-c3cc4cccnc4n3CC3CC3)nc3cc(C(=O)N4C[C@H]5CC[C@@H]4[C@@H]5N)cnc32)C1. The van der Waals surface area contributed by atoms with Crippen molar-refractivity contribution >= 4 is 28.1 Å². The lowest BCUT2D eigenvalue weighted by atomic mass is 9.72. The standard InChI is InChI=1S/C31H37N7O2/c1-31(40-2)12-19(13-31)16-38-28-23(10-22(14-34-28)30(39)37-17-21-7-8-24(37)26(21)32)35-29(38)25-11-20-4-3-9-33-27(20)36(25)15-18-5-6-18/h3-4,9-11,14,18-19,21,24,26H,5-8,12-13,15-17,32H2,1-2H3/t19-,21-,24-,26-,31+/m1/s1. The second-order valence-electron chi connectivity index (χ2n) is 13.0. The molecule has 0 radical (unpaired) electrons. The lowest BCUT2D eigenvalue weighted by Crippen LogP contribution is -2.44. The van der Waals surface area contributed by atoms with Crippen molar-refractivity contribution in [1.82, 2.24) is 29.0 Å². The minimum Gasteiger partial charge on any atom is -0.379 e. The number of aromatic nitrogens is 5. The predicted octanol–water partition coefficient (Wildman–Crippen LogP) is 4.23. The number of likely N-dealkylation sites (tertiary alicyclic amines) is 1. The van der Waals surface area contributed by atoms with Gasteiger partial charge in [-0.05, 0) is 87.5 Å². The van der Waals surface area contributed by atoms with Crippen LogP contribution < -0.4 is 5.73 Å². The molecule has 9 heteroatoms. The summed E-state index contributed by atoms with van der Waals surface area (Å²) in [5.41, 5.74) is 10.6. The van der Waals surface area contributed by atoms with Crippen molar-refractivity contribution in [3.05, 3.63) is 42.2 Å². The number of fused-ring (bicyclic) bond motifs is 4. The predicted molar refractivity (Wildman–Crippen MR) is 153 cm³/mol. The smallest absolute Gasteiger partial charge is 0.255 e. The van der Waals surface area contributed by atoms with Crippen LogP contribution in [-0.2, 0) is 17.8 Å². The van der Waals surface area contributed by atoms with E-state index < -0.39 is 0 Å². The minimum atomic E-state index is -0.0605. The van der Waals surface area contributed by atoms with Crippen LogP contribution in [-0.4, -0.2) is 66.2 Å². The van der Waals surface area contributed by atoms with Gasteiger partial charge in [0, 0.05) is 56.6 Å². The number of hydrogen-bond donors (Lipinski definition) is 1. The van der Waals surface area contributed by atoms with Crippen LogP contribution in [0.3, 0.4) is 0 Å². The van der Waals surface area contributed by atoms with Gasteiger partial charge in [-0.25, -0.2) is 15.0 Å². The van der Waals surface area contributed by atoms with E-state index in [0.29, 0.717) is 23.3 Å². The van der Waals surface area contributed by atoms with Crippen LogP contribution in [0.25, 0.3) is 33.7 Å². The topological polar surface area (TPSA) is 104 Å². The van der Waals surface area contributed by atoms with Gasteiger partial charge in [-0.2, -0.15) is 0 Å². The molecule has 2 bridgehead atoms. The number of nitrogens with two attached hydrogens (primary N) is 1. The molecule has 1 saturated heterocycles. The molecule has 5 heterocycles. The Labute approximate surface area is 233 Å². The van der Waals surface area contributed by atoms with E-state index in [1.165, 1.54) is 12.8 Å². The van der Waals surface area contributed by atoms with Crippen molar-refractivity contribution in [3.63, 3.8) is 0 Å². The fourth-order valence-corrected chi connectivity index (χ4v) is 7.68. The number of ether oxygens (including phenoxy) is 1. The van der Waals surface area contributed by atoms with E-state index in [0.717, 1.165) is 79.0 Å². The third-order valence-corrected chi connectivity index (χ3v) is 10.1. The summed E-state index contributed by atoms with van der Waals surface area (Å²) in [6, 6.07) is 8.51. The van der Waals surface area contributed by atoms with Crippen LogP contribution in [0.15, 0.2) is 36.7 Å². The number of hydrogen-bond acceptors (Lipinski definition) is 6. The van der Waals surface area contributed by atoms with Crippen LogP contribution in [0.5, 0.6) is 0 Å². The summed E-state index contributed by atoms with van der Waals surface area (Å²) >= 11 is 0. The molecule has 1 aliphatic heterocycles. The Morgan fingerprint density at radius 2 is 1.90 bits per heavy atom. The van der Waals surface area contributed by atoms with E-state index in [1.54, 1.807) is 13.3 Å². The summed E-state index contributed by atoms with van der Waals surface area (Å²) in [7, 11) is 1.80. The molecular weight excluding hydrogens is 502 g/mol. The zero-order valence-corrected chi connectivity index (χ0v) is 23.3. The molecule has 0 aromatic carbocycles. The maximum atomic E-state index is 13.6. The van der Waals surface area contributed by atoms with Crippen molar-refractivity contribution < 1.29 is 9.53 Å². The van der Waals surface area contributed by atoms with Crippen LogP contribution >= 0.6 is 0 Å². The molecule has 1 amide bonds. The average molecular weight is 540 g/mol. The highest BCUT2D eigenvalue weighted by atomic mass is 16.5. The van der Waals surface area contributed by atoms with E-state index >= 15 is 0 Å². The molecule has 9 nitrogen and oxygen atoms in total. The molecule has 40 heavy (non-hydrogen) atoms. The molecule has 208 valence electrons. The van der Waals surface area contributed by atoms with Gasteiger partial charge in [-0.1, -0.05) is 0 Å². The average Bonchev–Trinajstić information content (AvgIpc) is 3.32. The van der Waals surface area contributed by atoms with Crippen molar-refractivity contribution in [2.75, 3.05) is 13.7 Å². The summed E-state index contributed by atoms with van der Waals surface area (Å²) in [5.74, 6) is 2.51. The molecule has 8 rings (SSSR count). The molecule has 3 saturated carbocycles.